The molecule has 3 nitrogen and oxygen atoms in total. The van der Waals surface area contributed by atoms with Crippen molar-refractivity contribution in [3.8, 4) is 0 Å². The van der Waals surface area contributed by atoms with E-state index < -0.39 is 0 Å². The average molecular weight is 191 g/mol. The SMILES string of the molecule is OCC1CCCN(c2c[c]ccn2)C1. The summed E-state index contributed by atoms with van der Waals surface area (Å²) in [4.78, 5) is 6.51. The van der Waals surface area contributed by atoms with E-state index in [9.17, 15) is 0 Å². The molecule has 1 radical (unpaired) electrons. The number of aliphatic hydroxyl groups excluding tert-OH is 1. The number of aliphatic hydroxyl groups is 1. The van der Waals surface area contributed by atoms with Crippen molar-refractivity contribution in [3.05, 3.63) is 24.4 Å². The lowest BCUT2D eigenvalue weighted by molar-refractivity contribution is 0.208. The minimum atomic E-state index is 0.285. The Balaban J connectivity index is 2.04. The molecule has 2 rings (SSSR count). The molecule has 1 unspecified atom stereocenters. The first-order valence-corrected chi connectivity index (χ1v) is 5.08. The van der Waals surface area contributed by atoms with Gasteiger partial charge < -0.3 is 10.0 Å². The van der Waals surface area contributed by atoms with Crippen LogP contribution in [0.4, 0.5) is 5.82 Å². The molecule has 0 saturated carbocycles. The minimum Gasteiger partial charge on any atom is -0.396 e. The van der Waals surface area contributed by atoms with E-state index in [4.69, 9.17) is 5.11 Å². The van der Waals surface area contributed by atoms with Crippen molar-refractivity contribution < 1.29 is 5.11 Å². The summed E-state index contributed by atoms with van der Waals surface area (Å²) in [6, 6.07) is 6.73. The summed E-state index contributed by atoms with van der Waals surface area (Å²) in [5.74, 6) is 1.39. The lowest BCUT2D eigenvalue weighted by Gasteiger charge is -2.32. The molecule has 0 bridgehead atoms. The van der Waals surface area contributed by atoms with Crippen LogP contribution in [0.1, 0.15) is 12.8 Å². The van der Waals surface area contributed by atoms with E-state index in [0.717, 1.165) is 31.7 Å². The molecule has 1 aliphatic rings. The van der Waals surface area contributed by atoms with Crippen molar-refractivity contribution in [3.63, 3.8) is 0 Å². The van der Waals surface area contributed by atoms with Gasteiger partial charge in [0.2, 0.25) is 0 Å². The standard InChI is InChI=1S/C11H15N2O/c14-9-10-4-3-7-13(8-10)11-5-1-2-6-12-11/h2,5-6,10,14H,3-4,7-9H2. The molecule has 0 aromatic carbocycles. The number of nitrogens with zero attached hydrogens (tertiary/aromatic N) is 2. The van der Waals surface area contributed by atoms with Gasteiger partial charge in [0, 0.05) is 25.9 Å². The van der Waals surface area contributed by atoms with Crippen LogP contribution in [0.5, 0.6) is 0 Å². The van der Waals surface area contributed by atoms with Crippen LogP contribution in [0.25, 0.3) is 0 Å². The van der Waals surface area contributed by atoms with E-state index in [-0.39, 0.29) is 6.61 Å². The third-order valence-corrected chi connectivity index (χ3v) is 2.69. The molecule has 1 fully saturated rings. The fourth-order valence-electron chi connectivity index (χ4n) is 1.91. The van der Waals surface area contributed by atoms with Gasteiger partial charge in [0.05, 0.1) is 0 Å². The Morgan fingerprint density at radius 2 is 2.57 bits per heavy atom. The fourth-order valence-corrected chi connectivity index (χ4v) is 1.91. The Labute approximate surface area is 84.4 Å². The first-order chi connectivity index (χ1) is 6.90. The molecule has 1 saturated heterocycles. The Kier molecular flexibility index (Phi) is 2.99. The second-order valence-electron chi connectivity index (χ2n) is 3.75. The van der Waals surface area contributed by atoms with Gasteiger partial charge in [-0.3, -0.25) is 0 Å². The fraction of sp³-hybridized carbons (Fsp3) is 0.545. The molecule has 0 spiro atoms. The summed E-state index contributed by atoms with van der Waals surface area (Å²) < 4.78 is 0. The van der Waals surface area contributed by atoms with Gasteiger partial charge in [-0.15, -0.1) is 0 Å². The maximum Gasteiger partial charge on any atom is 0.129 e. The normalized spacial score (nSPS) is 22.4. The molecule has 2 heterocycles. The Morgan fingerprint density at radius 3 is 3.29 bits per heavy atom. The number of piperidine rings is 1. The van der Waals surface area contributed by atoms with Crippen LogP contribution in [0.3, 0.4) is 0 Å². The summed E-state index contributed by atoms with van der Waals surface area (Å²) in [5.41, 5.74) is 0. The lowest BCUT2D eigenvalue weighted by atomic mass is 9.99. The molecule has 14 heavy (non-hydrogen) atoms. The third-order valence-electron chi connectivity index (χ3n) is 2.69. The highest BCUT2D eigenvalue weighted by Gasteiger charge is 2.19. The van der Waals surface area contributed by atoms with Crippen LogP contribution in [-0.4, -0.2) is 29.8 Å². The maximum absolute atomic E-state index is 9.10. The molecule has 0 aliphatic carbocycles. The number of aromatic nitrogens is 1. The smallest absolute Gasteiger partial charge is 0.129 e. The first-order valence-electron chi connectivity index (χ1n) is 5.08. The topological polar surface area (TPSA) is 36.4 Å². The van der Waals surface area contributed by atoms with E-state index in [1.54, 1.807) is 12.3 Å². The van der Waals surface area contributed by atoms with Crippen molar-refractivity contribution in [2.24, 2.45) is 5.92 Å². The molecule has 75 valence electrons. The molecular weight excluding hydrogens is 176 g/mol. The Hall–Kier alpha value is -1.09. The Morgan fingerprint density at radius 1 is 1.64 bits per heavy atom. The van der Waals surface area contributed by atoms with Crippen molar-refractivity contribution in [2.75, 3.05) is 24.6 Å². The molecule has 0 amide bonds. The van der Waals surface area contributed by atoms with Gasteiger partial charge in [-0.25, -0.2) is 4.98 Å². The molecule has 1 atom stereocenters. The molecule has 1 aromatic rings. The van der Waals surface area contributed by atoms with E-state index in [2.05, 4.69) is 16.0 Å². The zero-order valence-corrected chi connectivity index (χ0v) is 8.19. The minimum absolute atomic E-state index is 0.285. The van der Waals surface area contributed by atoms with Crippen molar-refractivity contribution >= 4 is 5.82 Å². The molecule has 1 aromatic heterocycles. The van der Waals surface area contributed by atoms with Gasteiger partial charge in [0.1, 0.15) is 5.82 Å². The number of hydrogen-bond donors (Lipinski definition) is 1. The predicted molar refractivity (Wildman–Crippen MR) is 55.1 cm³/mol. The zero-order chi connectivity index (χ0) is 9.80. The highest BCUT2D eigenvalue weighted by Crippen LogP contribution is 2.20. The summed E-state index contributed by atoms with van der Waals surface area (Å²) in [7, 11) is 0. The van der Waals surface area contributed by atoms with Crippen LogP contribution < -0.4 is 4.90 Å². The average Bonchev–Trinajstić information content (AvgIpc) is 2.30. The summed E-state index contributed by atoms with van der Waals surface area (Å²) in [5, 5.41) is 9.10. The maximum atomic E-state index is 9.10. The van der Waals surface area contributed by atoms with Crippen molar-refractivity contribution in [1.82, 2.24) is 4.98 Å². The number of hydrogen-bond acceptors (Lipinski definition) is 3. The van der Waals surface area contributed by atoms with Crippen LogP contribution >= 0.6 is 0 Å². The predicted octanol–water partition coefficient (Wildman–Crippen LogP) is 1.09. The van der Waals surface area contributed by atoms with E-state index in [1.807, 2.05) is 6.07 Å². The summed E-state index contributed by atoms with van der Waals surface area (Å²) >= 11 is 0. The van der Waals surface area contributed by atoms with Crippen LogP contribution in [0.2, 0.25) is 0 Å². The van der Waals surface area contributed by atoms with Crippen LogP contribution in [0.15, 0.2) is 18.3 Å². The van der Waals surface area contributed by atoms with Crippen molar-refractivity contribution in [2.45, 2.75) is 12.8 Å². The molecule has 3 heteroatoms. The number of pyridine rings is 1. The van der Waals surface area contributed by atoms with Crippen LogP contribution in [0, 0.1) is 12.0 Å². The van der Waals surface area contributed by atoms with Gasteiger partial charge in [-0.1, -0.05) is 0 Å². The van der Waals surface area contributed by atoms with E-state index in [0.29, 0.717) is 5.92 Å². The quantitative estimate of drug-likeness (QED) is 0.760. The molecular formula is C11H15N2O. The number of anilines is 1. The van der Waals surface area contributed by atoms with Gasteiger partial charge >= 0.3 is 0 Å². The van der Waals surface area contributed by atoms with E-state index >= 15 is 0 Å². The second-order valence-corrected chi connectivity index (χ2v) is 3.75. The lowest BCUT2D eigenvalue weighted by Crippen LogP contribution is -2.37. The monoisotopic (exact) mass is 191 g/mol. The third kappa shape index (κ3) is 2.04. The highest BCUT2D eigenvalue weighted by atomic mass is 16.3. The van der Waals surface area contributed by atoms with E-state index in [1.165, 1.54) is 0 Å². The summed E-state index contributed by atoms with van der Waals surface area (Å²) in [6.45, 7) is 2.25. The van der Waals surface area contributed by atoms with Crippen LogP contribution in [-0.2, 0) is 0 Å². The number of rotatable bonds is 2. The largest absolute Gasteiger partial charge is 0.396 e. The Bertz CT molecular complexity index is 276. The van der Waals surface area contributed by atoms with Gasteiger partial charge in [-0.2, -0.15) is 0 Å². The molecule has 1 aliphatic heterocycles. The summed E-state index contributed by atoms with van der Waals surface area (Å²) in [6.07, 6.45) is 4.03. The van der Waals surface area contributed by atoms with Gasteiger partial charge in [0.25, 0.3) is 0 Å². The molecule has 1 N–H and O–H groups in total. The zero-order valence-electron chi connectivity index (χ0n) is 8.19. The van der Waals surface area contributed by atoms with Crippen molar-refractivity contribution in [1.29, 1.82) is 0 Å². The first kappa shape index (κ1) is 9.46. The second kappa shape index (κ2) is 4.42. The van der Waals surface area contributed by atoms with Gasteiger partial charge in [-0.05, 0) is 37.0 Å². The van der Waals surface area contributed by atoms with Gasteiger partial charge in [0.15, 0.2) is 0 Å². The highest BCUT2D eigenvalue weighted by molar-refractivity contribution is 5.37.